The zero-order chi connectivity index (χ0) is 42.0. The maximum atomic E-state index is 2.39. The van der Waals surface area contributed by atoms with Gasteiger partial charge in [-0.05, 0) is 131 Å². The molecule has 0 atom stereocenters. The molecule has 0 bridgehead atoms. The quantitative estimate of drug-likeness (QED) is 0.131. The minimum atomic E-state index is 1.08. The summed E-state index contributed by atoms with van der Waals surface area (Å²) >= 11 is 0. The molecule has 11 aromatic carbocycles. The number of fused-ring (bicyclic) bond motifs is 3. The average molecular weight is 802 g/mol. The van der Waals surface area contributed by atoms with Crippen LogP contribution in [0.5, 0.6) is 0 Å². The zero-order valence-electron chi connectivity index (χ0n) is 34.8. The molecule has 0 heterocycles. The minimum absolute atomic E-state index is 1.08. The van der Waals surface area contributed by atoms with Crippen molar-refractivity contribution in [2.75, 3.05) is 4.90 Å². The van der Waals surface area contributed by atoms with E-state index in [-0.39, 0.29) is 0 Å². The first-order valence-corrected chi connectivity index (χ1v) is 21.7. The molecule has 0 aliphatic heterocycles. The lowest BCUT2D eigenvalue weighted by Crippen LogP contribution is -2.10. The fourth-order valence-corrected chi connectivity index (χ4v) is 9.28. The molecule has 0 spiro atoms. The second kappa shape index (κ2) is 16.7. The number of anilines is 3. The van der Waals surface area contributed by atoms with E-state index in [1.165, 1.54) is 88.3 Å². The van der Waals surface area contributed by atoms with Crippen molar-refractivity contribution in [3.63, 3.8) is 0 Å². The van der Waals surface area contributed by atoms with Gasteiger partial charge in [0.2, 0.25) is 0 Å². The molecule has 0 unspecified atom stereocenters. The van der Waals surface area contributed by atoms with Crippen LogP contribution in [0, 0.1) is 0 Å². The molecule has 11 rings (SSSR count). The Kier molecular flexibility index (Phi) is 9.97. The van der Waals surface area contributed by atoms with E-state index >= 15 is 0 Å². The monoisotopic (exact) mass is 801 g/mol. The summed E-state index contributed by atoms with van der Waals surface area (Å²) in [6.07, 6.45) is 0. The fourth-order valence-electron chi connectivity index (χ4n) is 9.28. The second-order valence-electron chi connectivity index (χ2n) is 16.0. The van der Waals surface area contributed by atoms with Crippen LogP contribution >= 0.6 is 0 Å². The molecule has 0 saturated carbocycles. The van der Waals surface area contributed by atoms with Crippen LogP contribution in [-0.2, 0) is 0 Å². The SMILES string of the molecule is c1ccc(-c2cccc(N(c3ccc(-c4ccc5c(-c6ccccc6)c(-c6ccccc6)c6ccccc6c5c4)cc3)c3ccc(-c4ccccc4)c(-c4ccccc4)c3)c2)cc1. The highest BCUT2D eigenvalue weighted by molar-refractivity contribution is 6.22. The lowest BCUT2D eigenvalue weighted by Gasteiger charge is -2.27. The Morgan fingerprint density at radius 3 is 1.21 bits per heavy atom. The summed E-state index contributed by atoms with van der Waals surface area (Å²) in [5.74, 6) is 0. The van der Waals surface area contributed by atoms with E-state index in [0.717, 1.165) is 17.1 Å². The number of nitrogens with zero attached hydrogens (tertiary/aromatic N) is 1. The Hall–Kier alpha value is -8.26. The van der Waals surface area contributed by atoms with Crippen molar-refractivity contribution < 1.29 is 0 Å². The predicted octanol–water partition coefficient (Wildman–Crippen LogP) is 17.5. The van der Waals surface area contributed by atoms with Gasteiger partial charge in [0.1, 0.15) is 0 Å². The molecular weight excluding hydrogens is 759 g/mol. The first kappa shape index (κ1) is 37.7. The van der Waals surface area contributed by atoms with E-state index in [1.54, 1.807) is 0 Å². The Balaban J connectivity index is 1.06. The van der Waals surface area contributed by atoms with Gasteiger partial charge in [-0.25, -0.2) is 0 Å². The van der Waals surface area contributed by atoms with Crippen molar-refractivity contribution in [3.05, 3.63) is 261 Å². The molecule has 0 amide bonds. The molecule has 296 valence electrons. The van der Waals surface area contributed by atoms with Gasteiger partial charge in [0, 0.05) is 17.1 Å². The van der Waals surface area contributed by atoms with Gasteiger partial charge in [0.15, 0.2) is 0 Å². The van der Waals surface area contributed by atoms with E-state index in [9.17, 15) is 0 Å². The van der Waals surface area contributed by atoms with Crippen LogP contribution in [0.3, 0.4) is 0 Å². The van der Waals surface area contributed by atoms with Gasteiger partial charge in [-0.2, -0.15) is 0 Å². The molecule has 1 nitrogen and oxygen atoms in total. The third-order valence-corrected chi connectivity index (χ3v) is 12.3. The van der Waals surface area contributed by atoms with Crippen LogP contribution < -0.4 is 4.90 Å². The van der Waals surface area contributed by atoms with Crippen molar-refractivity contribution in [1.82, 2.24) is 0 Å². The summed E-state index contributed by atoms with van der Waals surface area (Å²) in [5, 5.41) is 5.00. The molecule has 0 aliphatic carbocycles. The summed E-state index contributed by atoms with van der Waals surface area (Å²) in [7, 11) is 0. The van der Waals surface area contributed by atoms with Crippen LogP contribution in [-0.4, -0.2) is 0 Å². The summed E-state index contributed by atoms with van der Waals surface area (Å²) in [4.78, 5) is 2.39. The van der Waals surface area contributed by atoms with Gasteiger partial charge in [-0.1, -0.05) is 218 Å². The largest absolute Gasteiger partial charge is 0.310 e. The van der Waals surface area contributed by atoms with Gasteiger partial charge < -0.3 is 4.90 Å². The molecule has 0 saturated heterocycles. The van der Waals surface area contributed by atoms with Gasteiger partial charge in [-0.3, -0.25) is 0 Å². The topological polar surface area (TPSA) is 3.24 Å². The normalized spacial score (nSPS) is 11.2. The average Bonchev–Trinajstić information content (AvgIpc) is 3.37. The molecule has 11 aromatic rings. The van der Waals surface area contributed by atoms with Crippen molar-refractivity contribution in [1.29, 1.82) is 0 Å². The first-order valence-electron chi connectivity index (χ1n) is 21.7. The Labute approximate surface area is 369 Å². The zero-order valence-corrected chi connectivity index (χ0v) is 34.8. The highest BCUT2D eigenvalue weighted by Gasteiger charge is 2.20. The Morgan fingerprint density at radius 2 is 0.603 bits per heavy atom. The van der Waals surface area contributed by atoms with Gasteiger partial charge in [-0.15, -0.1) is 0 Å². The van der Waals surface area contributed by atoms with Gasteiger partial charge in [0.25, 0.3) is 0 Å². The van der Waals surface area contributed by atoms with Crippen LogP contribution in [0.2, 0.25) is 0 Å². The minimum Gasteiger partial charge on any atom is -0.310 e. The highest BCUT2D eigenvalue weighted by Crippen LogP contribution is 2.46. The number of benzene rings is 11. The van der Waals surface area contributed by atoms with E-state index in [2.05, 4.69) is 266 Å². The second-order valence-corrected chi connectivity index (χ2v) is 16.0. The molecule has 0 fully saturated rings. The number of rotatable bonds is 9. The maximum Gasteiger partial charge on any atom is 0.0468 e. The van der Waals surface area contributed by atoms with Crippen molar-refractivity contribution in [2.24, 2.45) is 0 Å². The molecule has 63 heavy (non-hydrogen) atoms. The van der Waals surface area contributed by atoms with Crippen molar-refractivity contribution in [2.45, 2.75) is 0 Å². The summed E-state index contributed by atoms with van der Waals surface area (Å²) in [6.45, 7) is 0. The van der Waals surface area contributed by atoms with Crippen LogP contribution in [0.15, 0.2) is 261 Å². The Morgan fingerprint density at radius 1 is 0.190 bits per heavy atom. The molecule has 0 aromatic heterocycles. The highest BCUT2D eigenvalue weighted by atomic mass is 15.1. The fraction of sp³-hybridized carbons (Fsp3) is 0. The van der Waals surface area contributed by atoms with Gasteiger partial charge >= 0.3 is 0 Å². The Bertz CT molecular complexity index is 3340. The van der Waals surface area contributed by atoms with E-state index in [4.69, 9.17) is 0 Å². The molecule has 0 radical (unpaired) electrons. The summed E-state index contributed by atoms with van der Waals surface area (Å²) in [6, 6.07) is 94.6. The number of hydrogen-bond donors (Lipinski definition) is 0. The lowest BCUT2D eigenvalue weighted by atomic mass is 9.84. The molecule has 0 aliphatic rings. The molecule has 0 N–H and O–H groups in total. The van der Waals surface area contributed by atoms with E-state index in [1.807, 2.05) is 0 Å². The van der Waals surface area contributed by atoms with Crippen LogP contribution in [0.1, 0.15) is 0 Å². The first-order chi connectivity index (χ1) is 31.3. The van der Waals surface area contributed by atoms with E-state index < -0.39 is 0 Å². The summed E-state index contributed by atoms with van der Waals surface area (Å²) in [5.41, 5.74) is 17.7. The van der Waals surface area contributed by atoms with Gasteiger partial charge in [0.05, 0.1) is 0 Å². The molecular formula is C62H43N. The van der Waals surface area contributed by atoms with Crippen molar-refractivity contribution in [3.8, 4) is 66.8 Å². The third-order valence-electron chi connectivity index (χ3n) is 12.3. The van der Waals surface area contributed by atoms with E-state index in [0.29, 0.717) is 0 Å². The van der Waals surface area contributed by atoms with Crippen molar-refractivity contribution >= 4 is 38.6 Å². The maximum absolute atomic E-state index is 2.39. The smallest absolute Gasteiger partial charge is 0.0468 e. The third kappa shape index (κ3) is 7.26. The van der Waals surface area contributed by atoms with Crippen LogP contribution in [0.4, 0.5) is 17.1 Å². The number of hydrogen-bond acceptors (Lipinski definition) is 1. The predicted molar refractivity (Wildman–Crippen MR) is 269 cm³/mol. The summed E-state index contributed by atoms with van der Waals surface area (Å²) < 4.78 is 0. The van der Waals surface area contributed by atoms with Crippen LogP contribution in [0.25, 0.3) is 88.3 Å². The standard InChI is InChI=1S/C62H43N/c1-6-19-44(20-7-1)50-29-18-30-53(41-50)63(54-38-40-55(46-21-8-2-9-22-46)59(43-54)47-23-10-3-11-24-47)52-36-33-45(34-37-52)51-35-39-58-60(42-51)56-31-16-17-32-57(56)61(48-25-12-4-13-26-48)62(58)49-27-14-5-15-28-49/h1-43H. The molecule has 1 heteroatoms. The lowest BCUT2D eigenvalue weighted by molar-refractivity contribution is 1.28.